The van der Waals surface area contributed by atoms with E-state index < -0.39 is 12.2 Å². The first kappa shape index (κ1) is 27.1. The predicted octanol–water partition coefficient (Wildman–Crippen LogP) is 3.82. The van der Waals surface area contributed by atoms with Crippen molar-refractivity contribution in [3.8, 4) is 11.5 Å². The number of aliphatic hydroxyl groups excluding tert-OH is 4. The molecule has 4 N–H and O–H groups in total. The van der Waals surface area contributed by atoms with Crippen LogP contribution in [0.2, 0.25) is 0 Å². The highest BCUT2D eigenvalue weighted by molar-refractivity contribution is 5.41. The summed E-state index contributed by atoms with van der Waals surface area (Å²) < 4.78 is 11.2. The quantitative estimate of drug-likeness (QED) is 0.402. The third kappa shape index (κ3) is 8.97. The van der Waals surface area contributed by atoms with Gasteiger partial charge in [-0.05, 0) is 48.2 Å². The molecule has 1 aliphatic rings. The molecule has 0 aromatic heterocycles. The average Bonchev–Trinajstić information content (AvgIpc) is 2.82. The second kappa shape index (κ2) is 14.2. The van der Waals surface area contributed by atoms with Gasteiger partial charge in [0.25, 0.3) is 0 Å². The molecule has 1 fully saturated rings. The highest BCUT2D eigenvalue weighted by Crippen LogP contribution is 2.33. The maximum Gasteiger partial charge on any atom is 0.119 e. The van der Waals surface area contributed by atoms with Crippen LogP contribution in [0.3, 0.4) is 0 Å². The van der Waals surface area contributed by atoms with Crippen molar-refractivity contribution in [1.82, 2.24) is 0 Å². The van der Waals surface area contributed by atoms with Gasteiger partial charge < -0.3 is 29.9 Å². The van der Waals surface area contributed by atoms with Gasteiger partial charge in [0.05, 0.1) is 25.4 Å². The Labute approximate surface area is 197 Å². The summed E-state index contributed by atoms with van der Waals surface area (Å²) in [5.74, 6) is 1.64. The van der Waals surface area contributed by atoms with Gasteiger partial charge in [-0.25, -0.2) is 0 Å². The van der Waals surface area contributed by atoms with Crippen LogP contribution in [0.15, 0.2) is 48.5 Å². The molecule has 33 heavy (non-hydrogen) atoms. The predicted molar refractivity (Wildman–Crippen MR) is 130 cm³/mol. The number of hydrogen-bond acceptors (Lipinski definition) is 6. The molecule has 6 nitrogen and oxygen atoms in total. The number of aliphatic hydroxyl groups is 4. The lowest BCUT2D eigenvalue weighted by molar-refractivity contribution is -0.00865. The molecule has 0 aliphatic heterocycles. The van der Waals surface area contributed by atoms with E-state index in [2.05, 4.69) is 38.1 Å². The Morgan fingerprint density at radius 2 is 1.06 bits per heavy atom. The summed E-state index contributed by atoms with van der Waals surface area (Å²) in [6.45, 7) is 5.72. The Morgan fingerprint density at radius 3 is 1.36 bits per heavy atom. The molecule has 184 valence electrons. The van der Waals surface area contributed by atoms with Crippen molar-refractivity contribution in [1.29, 1.82) is 0 Å². The van der Waals surface area contributed by atoms with Crippen molar-refractivity contribution in [2.75, 3.05) is 26.4 Å². The zero-order valence-electron chi connectivity index (χ0n) is 19.9. The lowest BCUT2D eigenvalue weighted by Gasteiger charge is -2.26. The maximum atomic E-state index is 8.93. The first-order chi connectivity index (χ1) is 15.9. The summed E-state index contributed by atoms with van der Waals surface area (Å²) >= 11 is 0. The summed E-state index contributed by atoms with van der Waals surface area (Å²) in [7, 11) is 0. The number of hydrogen-bond donors (Lipinski definition) is 4. The number of benzene rings is 2. The van der Waals surface area contributed by atoms with Crippen LogP contribution < -0.4 is 9.47 Å². The van der Waals surface area contributed by atoms with Crippen molar-refractivity contribution >= 4 is 0 Å². The molecule has 1 aliphatic carbocycles. The summed E-state index contributed by atoms with van der Waals surface area (Å²) in [6.07, 6.45) is 4.09. The monoisotopic (exact) mass is 460 g/mol. The van der Waals surface area contributed by atoms with Crippen LogP contribution in [0, 0.1) is 0 Å². The van der Waals surface area contributed by atoms with Gasteiger partial charge in [0.1, 0.15) is 11.5 Å². The molecular formula is C27H40O6. The zero-order valence-corrected chi connectivity index (χ0v) is 19.9. The SMILES string of the molecule is CC(C)(c1ccc(OCCCO)cc1)c1ccc(OCCCO)cc1.OC1CCCCC1O. The Morgan fingerprint density at radius 1 is 0.697 bits per heavy atom. The average molecular weight is 461 g/mol. The van der Waals surface area contributed by atoms with E-state index in [0.29, 0.717) is 26.1 Å². The zero-order chi connectivity index (χ0) is 24.1. The lowest BCUT2D eigenvalue weighted by Crippen LogP contribution is -2.28. The molecule has 0 spiro atoms. The third-order valence-corrected chi connectivity index (χ3v) is 5.99. The molecule has 0 bridgehead atoms. The van der Waals surface area contributed by atoms with Gasteiger partial charge in [-0.1, -0.05) is 51.0 Å². The lowest BCUT2D eigenvalue weighted by atomic mass is 9.78. The molecule has 0 amide bonds. The minimum Gasteiger partial charge on any atom is -0.494 e. The van der Waals surface area contributed by atoms with Crippen LogP contribution in [0.5, 0.6) is 11.5 Å². The van der Waals surface area contributed by atoms with Crippen LogP contribution in [0.1, 0.15) is 63.5 Å². The smallest absolute Gasteiger partial charge is 0.119 e. The number of rotatable bonds is 10. The maximum absolute atomic E-state index is 8.93. The highest BCUT2D eigenvalue weighted by Gasteiger charge is 2.23. The second-order valence-electron chi connectivity index (χ2n) is 8.94. The van der Waals surface area contributed by atoms with E-state index in [9.17, 15) is 0 Å². The first-order valence-electron chi connectivity index (χ1n) is 11.9. The third-order valence-electron chi connectivity index (χ3n) is 5.99. The van der Waals surface area contributed by atoms with Gasteiger partial charge in [-0.3, -0.25) is 0 Å². The first-order valence-corrected chi connectivity index (χ1v) is 11.9. The summed E-state index contributed by atoms with van der Waals surface area (Å²) in [5.41, 5.74) is 2.28. The molecule has 2 unspecified atom stereocenters. The summed E-state index contributed by atoms with van der Waals surface area (Å²) in [6, 6.07) is 16.2. The Bertz CT molecular complexity index is 707. The van der Waals surface area contributed by atoms with Crippen molar-refractivity contribution in [3.05, 3.63) is 59.7 Å². The molecular weight excluding hydrogens is 420 g/mol. The van der Waals surface area contributed by atoms with Gasteiger partial charge in [-0.15, -0.1) is 0 Å². The molecule has 3 rings (SSSR count). The van der Waals surface area contributed by atoms with E-state index in [0.717, 1.165) is 37.2 Å². The van der Waals surface area contributed by atoms with Crippen LogP contribution >= 0.6 is 0 Å². The standard InChI is InChI=1S/C21H28O4.C6H12O2/c1-21(2,17-5-9-19(10-6-17)24-15-3-13-22)18-7-11-20(12-8-18)25-16-4-14-23;7-5-3-1-2-4-6(5)8/h5-12,22-23H,3-4,13-16H2,1-2H3;5-8H,1-4H2. The van der Waals surface area contributed by atoms with E-state index >= 15 is 0 Å². The fraction of sp³-hybridized carbons (Fsp3) is 0.556. The van der Waals surface area contributed by atoms with Gasteiger partial charge in [-0.2, -0.15) is 0 Å². The Kier molecular flexibility index (Phi) is 11.7. The number of ether oxygens (including phenoxy) is 2. The van der Waals surface area contributed by atoms with Crippen LogP contribution in [0.4, 0.5) is 0 Å². The molecule has 0 saturated heterocycles. The molecule has 0 heterocycles. The van der Waals surface area contributed by atoms with Crippen molar-refractivity contribution < 1.29 is 29.9 Å². The summed E-state index contributed by atoms with van der Waals surface area (Å²) in [4.78, 5) is 0. The van der Waals surface area contributed by atoms with Crippen molar-refractivity contribution in [3.63, 3.8) is 0 Å². The summed E-state index contributed by atoms with van der Waals surface area (Å²) in [5, 5.41) is 35.5. The molecule has 6 heteroatoms. The van der Waals surface area contributed by atoms with E-state index in [-0.39, 0.29) is 18.6 Å². The van der Waals surface area contributed by atoms with Gasteiger partial charge in [0.2, 0.25) is 0 Å². The van der Waals surface area contributed by atoms with Crippen LogP contribution in [-0.4, -0.2) is 59.1 Å². The van der Waals surface area contributed by atoms with Gasteiger partial charge in [0.15, 0.2) is 0 Å². The topological polar surface area (TPSA) is 99.4 Å². The molecule has 0 radical (unpaired) electrons. The van der Waals surface area contributed by atoms with Gasteiger partial charge >= 0.3 is 0 Å². The molecule has 1 saturated carbocycles. The minimum absolute atomic E-state index is 0.132. The van der Waals surface area contributed by atoms with Crippen LogP contribution in [0.25, 0.3) is 0 Å². The molecule has 2 aromatic carbocycles. The van der Waals surface area contributed by atoms with E-state index in [1.807, 2.05) is 24.3 Å². The van der Waals surface area contributed by atoms with Crippen molar-refractivity contribution in [2.24, 2.45) is 0 Å². The van der Waals surface area contributed by atoms with Crippen LogP contribution in [-0.2, 0) is 5.41 Å². The Balaban J connectivity index is 0.000000405. The van der Waals surface area contributed by atoms with E-state index in [1.54, 1.807) is 0 Å². The van der Waals surface area contributed by atoms with E-state index in [4.69, 9.17) is 29.9 Å². The molecule has 2 aromatic rings. The fourth-order valence-electron chi connectivity index (χ4n) is 3.70. The van der Waals surface area contributed by atoms with E-state index in [1.165, 1.54) is 11.1 Å². The van der Waals surface area contributed by atoms with Crippen molar-refractivity contribution in [2.45, 2.75) is 70.0 Å². The largest absolute Gasteiger partial charge is 0.494 e. The minimum atomic E-state index is -0.441. The highest BCUT2D eigenvalue weighted by atomic mass is 16.5. The molecule has 2 atom stereocenters. The van der Waals surface area contributed by atoms with Gasteiger partial charge in [0, 0.05) is 31.5 Å². The fourth-order valence-corrected chi connectivity index (χ4v) is 3.70. The Hall–Kier alpha value is -2.12. The second-order valence-corrected chi connectivity index (χ2v) is 8.94. The normalized spacial score (nSPS) is 18.2.